The van der Waals surface area contributed by atoms with Crippen molar-refractivity contribution in [2.75, 3.05) is 59.8 Å². The van der Waals surface area contributed by atoms with Gasteiger partial charge in [-0.25, -0.2) is 0 Å². The van der Waals surface area contributed by atoms with Crippen LogP contribution in [0.3, 0.4) is 0 Å². The lowest BCUT2D eigenvalue weighted by Gasteiger charge is -2.20. The van der Waals surface area contributed by atoms with Gasteiger partial charge in [0.1, 0.15) is 0 Å². The fourth-order valence-electron chi connectivity index (χ4n) is 1.49. The number of nitrogens with two attached hydrogens (primary N) is 1. The van der Waals surface area contributed by atoms with E-state index >= 15 is 0 Å². The first-order valence-electron chi connectivity index (χ1n) is 8.31. The predicted molar refractivity (Wildman–Crippen MR) is 92.1 cm³/mol. The lowest BCUT2D eigenvalue weighted by Crippen LogP contribution is -2.34. The molecule has 0 aliphatic rings. The molecule has 0 rings (SSSR count). The van der Waals surface area contributed by atoms with Gasteiger partial charge in [0, 0.05) is 27.5 Å². The molecule has 0 saturated heterocycles. The Labute approximate surface area is 137 Å². The molecule has 0 radical (unpaired) electrons. The van der Waals surface area contributed by atoms with E-state index in [-0.39, 0.29) is 13.3 Å². The molecule has 2 N–H and O–H groups in total. The van der Waals surface area contributed by atoms with Crippen LogP contribution in [-0.2, 0) is 19.0 Å². The third-order valence-corrected chi connectivity index (χ3v) is 2.99. The molecule has 0 saturated carbocycles. The van der Waals surface area contributed by atoms with Gasteiger partial charge in [0.15, 0.2) is 0 Å². The third kappa shape index (κ3) is 14.3. The average Bonchev–Trinajstić information content (AvgIpc) is 2.56. The van der Waals surface area contributed by atoms with Crippen LogP contribution in [0.4, 0.5) is 0 Å². The molecule has 6 nitrogen and oxygen atoms in total. The molecule has 136 valence electrons. The quantitative estimate of drug-likeness (QED) is 0.523. The van der Waals surface area contributed by atoms with Crippen molar-refractivity contribution in [2.45, 2.75) is 34.1 Å². The number of nitrogens with zero attached hydrogens (tertiary/aromatic N) is 1. The SMILES string of the molecule is CC.CCC(C)C(=O)N(C)CCOCCOCCOCCN.[HH]. The summed E-state index contributed by atoms with van der Waals surface area (Å²) in [5, 5.41) is 0. The standard InChI is InChI=1S/C14H30N2O4.C2H6.H2/c1-4-13(2)14(17)16(3)6-8-19-10-12-20-11-9-18-7-5-15;1-2;/h13H,4-12,15H2,1-3H3;1-2H3;1H. The Morgan fingerprint density at radius 2 is 1.50 bits per heavy atom. The summed E-state index contributed by atoms with van der Waals surface area (Å²) >= 11 is 0. The van der Waals surface area contributed by atoms with Crippen molar-refractivity contribution < 1.29 is 20.4 Å². The predicted octanol–water partition coefficient (Wildman–Crippen LogP) is 1.77. The summed E-state index contributed by atoms with van der Waals surface area (Å²) in [6.07, 6.45) is 0.865. The van der Waals surface area contributed by atoms with Crippen LogP contribution in [0.1, 0.15) is 35.5 Å². The van der Waals surface area contributed by atoms with Gasteiger partial charge in [0.2, 0.25) is 5.91 Å². The van der Waals surface area contributed by atoms with Gasteiger partial charge in [0.05, 0.1) is 39.6 Å². The lowest BCUT2D eigenvalue weighted by molar-refractivity contribution is -0.134. The van der Waals surface area contributed by atoms with E-state index in [1.165, 1.54) is 0 Å². The van der Waals surface area contributed by atoms with Crippen molar-refractivity contribution >= 4 is 5.91 Å². The molecule has 0 fully saturated rings. The van der Waals surface area contributed by atoms with Crippen molar-refractivity contribution in [3.8, 4) is 0 Å². The second kappa shape index (κ2) is 18.4. The first-order valence-corrected chi connectivity index (χ1v) is 8.31. The molecule has 0 aromatic heterocycles. The summed E-state index contributed by atoms with van der Waals surface area (Å²) in [6, 6.07) is 0. The van der Waals surface area contributed by atoms with Gasteiger partial charge in [-0.1, -0.05) is 27.7 Å². The molecule has 1 unspecified atom stereocenters. The number of ether oxygens (including phenoxy) is 3. The Morgan fingerprint density at radius 3 is 1.95 bits per heavy atom. The largest absolute Gasteiger partial charge is 0.378 e. The van der Waals surface area contributed by atoms with Crippen LogP contribution in [0.15, 0.2) is 0 Å². The zero-order valence-corrected chi connectivity index (χ0v) is 15.1. The maximum absolute atomic E-state index is 11.8. The smallest absolute Gasteiger partial charge is 0.225 e. The molecule has 1 amide bonds. The second-order valence-electron chi connectivity index (χ2n) is 4.69. The fourth-order valence-corrected chi connectivity index (χ4v) is 1.49. The van der Waals surface area contributed by atoms with E-state index in [4.69, 9.17) is 19.9 Å². The third-order valence-electron chi connectivity index (χ3n) is 2.99. The van der Waals surface area contributed by atoms with Crippen molar-refractivity contribution in [3.05, 3.63) is 0 Å². The monoisotopic (exact) mass is 322 g/mol. The Morgan fingerprint density at radius 1 is 1.05 bits per heavy atom. The lowest BCUT2D eigenvalue weighted by atomic mass is 10.1. The zero-order chi connectivity index (χ0) is 17.2. The van der Waals surface area contributed by atoms with Gasteiger partial charge in [-0.2, -0.15) is 0 Å². The second-order valence-corrected chi connectivity index (χ2v) is 4.69. The molecule has 0 aromatic carbocycles. The molecule has 0 heterocycles. The number of hydrogen-bond donors (Lipinski definition) is 1. The van der Waals surface area contributed by atoms with Crippen molar-refractivity contribution in [1.29, 1.82) is 0 Å². The Kier molecular flexibility index (Phi) is 19.7. The molecule has 0 aliphatic carbocycles. The summed E-state index contributed by atoms with van der Waals surface area (Å²) in [5.41, 5.74) is 5.28. The maximum Gasteiger partial charge on any atom is 0.225 e. The molecule has 0 aliphatic heterocycles. The molecule has 1 atom stereocenters. The summed E-state index contributed by atoms with van der Waals surface area (Å²) in [7, 11) is 1.81. The van der Waals surface area contributed by atoms with Gasteiger partial charge in [-0.05, 0) is 6.42 Å². The highest BCUT2D eigenvalue weighted by atomic mass is 16.5. The van der Waals surface area contributed by atoms with Crippen LogP contribution in [0.25, 0.3) is 0 Å². The Bertz CT molecular complexity index is 246. The molecular formula is C16H38N2O4. The number of amides is 1. The number of carbonyl (C=O) groups is 1. The van der Waals surface area contributed by atoms with Gasteiger partial charge in [-0.15, -0.1) is 0 Å². The van der Waals surface area contributed by atoms with Crippen LogP contribution >= 0.6 is 0 Å². The first kappa shape index (κ1) is 23.6. The van der Waals surface area contributed by atoms with Crippen LogP contribution < -0.4 is 5.73 Å². The molecule has 0 aromatic rings. The van der Waals surface area contributed by atoms with E-state index in [2.05, 4.69) is 0 Å². The summed E-state index contributed by atoms with van der Waals surface area (Å²) in [5.74, 6) is 0.251. The minimum atomic E-state index is 0. The molecule has 6 heteroatoms. The number of carbonyl (C=O) groups excluding carboxylic acids is 1. The topological polar surface area (TPSA) is 74.0 Å². The minimum absolute atomic E-state index is 0. The van der Waals surface area contributed by atoms with E-state index in [9.17, 15) is 4.79 Å². The van der Waals surface area contributed by atoms with Crippen LogP contribution in [0, 0.1) is 5.92 Å². The highest BCUT2D eigenvalue weighted by Gasteiger charge is 2.14. The van der Waals surface area contributed by atoms with E-state index in [1.807, 2.05) is 34.7 Å². The number of likely N-dealkylation sites (N-methyl/N-ethyl adjacent to an activating group) is 1. The molecular weight excluding hydrogens is 284 g/mol. The van der Waals surface area contributed by atoms with E-state index in [0.29, 0.717) is 52.7 Å². The highest BCUT2D eigenvalue weighted by Crippen LogP contribution is 2.04. The first-order chi connectivity index (χ1) is 10.6. The molecule has 22 heavy (non-hydrogen) atoms. The average molecular weight is 322 g/mol. The van der Waals surface area contributed by atoms with E-state index < -0.39 is 0 Å². The minimum Gasteiger partial charge on any atom is -0.378 e. The maximum atomic E-state index is 11.8. The number of rotatable bonds is 13. The zero-order valence-electron chi connectivity index (χ0n) is 15.1. The summed E-state index contributed by atoms with van der Waals surface area (Å²) in [4.78, 5) is 13.5. The van der Waals surface area contributed by atoms with E-state index in [1.54, 1.807) is 4.90 Å². The summed E-state index contributed by atoms with van der Waals surface area (Å²) < 4.78 is 15.9. The Hall–Kier alpha value is -0.690. The Balaban J connectivity index is -0.00000128. The van der Waals surface area contributed by atoms with Crippen molar-refractivity contribution in [1.82, 2.24) is 4.90 Å². The van der Waals surface area contributed by atoms with Gasteiger partial charge < -0.3 is 24.8 Å². The fraction of sp³-hybridized carbons (Fsp3) is 0.938. The molecule has 0 spiro atoms. The van der Waals surface area contributed by atoms with Crippen molar-refractivity contribution in [2.24, 2.45) is 11.7 Å². The van der Waals surface area contributed by atoms with Crippen LogP contribution in [-0.4, -0.2) is 70.6 Å². The van der Waals surface area contributed by atoms with Crippen LogP contribution in [0.5, 0.6) is 0 Å². The number of hydrogen-bond acceptors (Lipinski definition) is 5. The van der Waals surface area contributed by atoms with Crippen LogP contribution in [0.2, 0.25) is 0 Å². The normalized spacial score (nSPS) is 11.5. The highest BCUT2D eigenvalue weighted by molar-refractivity contribution is 5.78. The van der Waals surface area contributed by atoms with Gasteiger partial charge >= 0.3 is 0 Å². The molecule has 0 bridgehead atoms. The van der Waals surface area contributed by atoms with Gasteiger partial charge in [-0.3, -0.25) is 4.79 Å². The van der Waals surface area contributed by atoms with E-state index in [0.717, 1.165) is 6.42 Å². The van der Waals surface area contributed by atoms with Gasteiger partial charge in [0.25, 0.3) is 0 Å². The van der Waals surface area contributed by atoms with Crippen molar-refractivity contribution in [3.63, 3.8) is 0 Å². The summed E-state index contributed by atoms with van der Waals surface area (Å²) in [6.45, 7) is 12.4.